The van der Waals surface area contributed by atoms with Gasteiger partial charge in [0, 0.05) is 41.6 Å². The molecule has 2 aliphatic heterocycles. The van der Waals surface area contributed by atoms with Gasteiger partial charge in [-0.1, -0.05) is 17.7 Å². The number of nitrogens with one attached hydrogen (secondary N) is 1. The van der Waals surface area contributed by atoms with E-state index in [-0.39, 0.29) is 41.5 Å². The standard InChI is InChI=1S/C31H33ClFN3O5/c1-17-11-19-6-7-20(32)12-24(19)25-15-29(37)36(16-26(25)18(2)41-17)28(14-22-5-3-4-10-40-22)31(39)35-21-8-9-23(30(34)38)27(33)13-21/h6-9,12-13,15-18,22,28H,3-5,10-11,14H2,1-2H3,(H2,34,38)(H,35,39). The minimum atomic E-state index is -0.955. The summed E-state index contributed by atoms with van der Waals surface area (Å²) in [5, 5.41) is 3.27. The third kappa shape index (κ3) is 6.37. The van der Waals surface area contributed by atoms with Gasteiger partial charge in [-0.25, -0.2) is 4.39 Å². The number of nitrogens with two attached hydrogens (primary N) is 1. The molecule has 4 atom stereocenters. The van der Waals surface area contributed by atoms with Crippen molar-refractivity contribution >= 4 is 29.1 Å². The Bertz CT molecular complexity index is 1530. The summed E-state index contributed by atoms with van der Waals surface area (Å²) < 4.78 is 28.1. The van der Waals surface area contributed by atoms with Gasteiger partial charge in [-0.15, -0.1) is 0 Å². The zero-order chi connectivity index (χ0) is 29.3. The predicted octanol–water partition coefficient (Wildman–Crippen LogP) is 5.57. The molecule has 0 bridgehead atoms. The fourth-order valence-corrected chi connectivity index (χ4v) is 5.90. The molecule has 5 rings (SSSR count). The van der Waals surface area contributed by atoms with Gasteiger partial charge in [0.15, 0.2) is 0 Å². The topological polar surface area (TPSA) is 113 Å². The number of halogens is 2. The Kier molecular flexibility index (Phi) is 8.58. The highest BCUT2D eigenvalue weighted by atomic mass is 35.5. The average Bonchev–Trinajstić information content (AvgIpc) is 2.92. The molecule has 3 heterocycles. The Hall–Kier alpha value is -3.53. The van der Waals surface area contributed by atoms with Gasteiger partial charge in [0.25, 0.3) is 11.5 Å². The second-order valence-electron chi connectivity index (χ2n) is 10.8. The lowest BCUT2D eigenvalue weighted by atomic mass is 9.90. The lowest BCUT2D eigenvalue weighted by Crippen LogP contribution is -2.37. The van der Waals surface area contributed by atoms with Crippen LogP contribution < -0.4 is 16.6 Å². The van der Waals surface area contributed by atoms with Gasteiger partial charge in [-0.3, -0.25) is 14.4 Å². The molecule has 2 aromatic carbocycles. The molecule has 3 N–H and O–H groups in total. The third-order valence-corrected chi connectivity index (χ3v) is 7.99. The summed E-state index contributed by atoms with van der Waals surface area (Å²) in [6.45, 7) is 4.50. The highest BCUT2D eigenvalue weighted by Gasteiger charge is 2.30. The number of benzene rings is 2. The Morgan fingerprint density at radius 1 is 1.15 bits per heavy atom. The van der Waals surface area contributed by atoms with Crippen LogP contribution in [0.15, 0.2) is 53.5 Å². The quantitative estimate of drug-likeness (QED) is 0.395. The van der Waals surface area contributed by atoms with E-state index in [0.717, 1.165) is 42.0 Å². The summed E-state index contributed by atoms with van der Waals surface area (Å²) >= 11 is 6.36. The molecule has 0 aliphatic carbocycles. The van der Waals surface area contributed by atoms with E-state index in [1.807, 2.05) is 32.0 Å². The maximum absolute atomic E-state index is 14.4. The number of fused-ring (bicyclic) bond motifs is 3. The molecule has 3 aromatic rings. The number of nitrogens with zero attached hydrogens (tertiary/aromatic N) is 1. The van der Waals surface area contributed by atoms with Crippen LogP contribution in [0.5, 0.6) is 0 Å². The summed E-state index contributed by atoms with van der Waals surface area (Å²) in [7, 11) is 0. The van der Waals surface area contributed by atoms with Crippen molar-refractivity contribution in [2.24, 2.45) is 5.73 Å². The summed E-state index contributed by atoms with van der Waals surface area (Å²) in [5.41, 5.74) is 8.03. The van der Waals surface area contributed by atoms with Gasteiger partial charge >= 0.3 is 0 Å². The lowest BCUT2D eigenvalue weighted by molar-refractivity contribution is -0.121. The van der Waals surface area contributed by atoms with Crippen molar-refractivity contribution in [3.8, 4) is 11.1 Å². The minimum absolute atomic E-state index is 0.0912. The van der Waals surface area contributed by atoms with Crippen molar-refractivity contribution in [2.45, 2.75) is 70.3 Å². The van der Waals surface area contributed by atoms with Crippen LogP contribution in [0, 0.1) is 5.82 Å². The van der Waals surface area contributed by atoms with Crippen molar-refractivity contribution < 1.29 is 23.5 Å². The van der Waals surface area contributed by atoms with Crippen LogP contribution in [0.25, 0.3) is 11.1 Å². The number of primary amides is 1. The van der Waals surface area contributed by atoms with E-state index in [1.165, 1.54) is 22.8 Å². The lowest BCUT2D eigenvalue weighted by Gasteiger charge is -2.30. The number of pyridine rings is 1. The van der Waals surface area contributed by atoms with Crippen LogP contribution in [-0.2, 0) is 20.7 Å². The Labute approximate surface area is 242 Å². The second-order valence-corrected chi connectivity index (χ2v) is 11.2. The van der Waals surface area contributed by atoms with Crippen LogP contribution in [-0.4, -0.2) is 35.2 Å². The van der Waals surface area contributed by atoms with E-state index in [2.05, 4.69) is 5.32 Å². The molecular weight excluding hydrogens is 549 g/mol. The highest BCUT2D eigenvalue weighted by molar-refractivity contribution is 6.30. The van der Waals surface area contributed by atoms with Crippen molar-refractivity contribution in [2.75, 3.05) is 11.9 Å². The summed E-state index contributed by atoms with van der Waals surface area (Å²) in [4.78, 5) is 38.9. The summed E-state index contributed by atoms with van der Waals surface area (Å²) in [6.07, 6.45) is 4.56. The number of rotatable bonds is 6. The number of carbonyl (C=O) groups is 2. The molecule has 0 saturated carbocycles. The first-order valence-corrected chi connectivity index (χ1v) is 14.2. The Balaban J connectivity index is 1.57. The Morgan fingerprint density at radius 2 is 1.95 bits per heavy atom. The van der Waals surface area contributed by atoms with Crippen molar-refractivity contribution in [3.05, 3.63) is 86.5 Å². The SMILES string of the molecule is CC1Cc2ccc(Cl)cc2-c2cc(=O)n(C(CC3CCCCO3)C(=O)Nc3ccc(C(N)=O)c(F)c3)cc2C(C)O1. The largest absolute Gasteiger partial charge is 0.378 e. The minimum Gasteiger partial charge on any atom is -0.378 e. The van der Waals surface area contributed by atoms with Crippen LogP contribution in [0.1, 0.15) is 73.2 Å². The number of carbonyl (C=O) groups excluding carboxylic acids is 2. The number of hydrogen-bond acceptors (Lipinski definition) is 5. The van der Waals surface area contributed by atoms with Crippen molar-refractivity contribution in [1.29, 1.82) is 0 Å². The molecule has 1 fully saturated rings. The maximum Gasteiger partial charge on any atom is 0.251 e. The number of ether oxygens (including phenoxy) is 2. The molecule has 10 heteroatoms. The van der Waals surface area contributed by atoms with Gasteiger partial charge in [-0.05, 0) is 86.6 Å². The van der Waals surface area contributed by atoms with Crippen molar-refractivity contribution in [1.82, 2.24) is 4.57 Å². The molecule has 0 radical (unpaired) electrons. The zero-order valence-corrected chi connectivity index (χ0v) is 23.7. The van der Waals surface area contributed by atoms with Crippen LogP contribution in [0.2, 0.25) is 5.02 Å². The van der Waals surface area contributed by atoms with Crippen molar-refractivity contribution in [3.63, 3.8) is 0 Å². The van der Waals surface area contributed by atoms with Crippen LogP contribution >= 0.6 is 11.6 Å². The van der Waals surface area contributed by atoms with Gasteiger partial charge in [0.2, 0.25) is 5.91 Å². The number of hydrogen-bond donors (Lipinski definition) is 2. The highest BCUT2D eigenvalue weighted by Crippen LogP contribution is 2.37. The second kappa shape index (κ2) is 12.1. The van der Waals surface area contributed by atoms with Crippen LogP contribution in [0.4, 0.5) is 10.1 Å². The van der Waals surface area contributed by atoms with E-state index in [0.29, 0.717) is 23.6 Å². The van der Waals surface area contributed by atoms with Gasteiger partial charge < -0.3 is 25.1 Å². The molecule has 2 amide bonds. The molecule has 4 unspecified atom stereocenters. The molecule has 2 aliphatic rings. The molecule has 216 valence electrons. The van der Waals surface area contributed by atoms with Gasteiger partial charge in [0.1, 0.15) is 11.9 Å². The van der Waals surface area contributed by atoms with Gasteiger partial charge in [0.05, 0.1) is 23.9 Å². The van der Waals surface area contributed by atoms with E-state index in [1.54, 1.807) is 6.20 Å². The molecule has 1 aromatic heterocycles. The molecular formula is C31H33ClFN3O5. The molecule has 0 spiro atoms. The number of amides is 2. The monoisotopic (exact) mass is 581 g/mol. The number of aromatic nitrogens is 1. The molecule has 41 heavy (non-hydrogen) atoms. The molecule has 8 nitrogen and oxygen atoms in total. The van der Waals surface area contributed by atoms with Gasteiger partial charge in [-0.2, -0.15) is 0 Å². The van der Waals surface area contributed by atoms with E-state index < -0.39 is 23.7 Å². The van der Waals surface area contributed by atoms with Crippen LogP contribution in [0.3, 0.4) is 0 Å². The first-order valence-electron chi connectivity index (χ1n) is 13.8. The first-order chi connectivity index (χ1) is 19.6. The molecule has 1 saturated heterocycles. The summed E-state index contributed by atoms with van der Waals surface area (Å²) in [5.74, 6) is -2.27. The average molecular weight is 582 g/mol. The fraction of sp³-hybridized carbons (Fsp3) is 0.387. The fourth-order valence-electron chi connectivity index (χ4n) is 5.73. The van der Waals surface area contributed by atoms with E-state index in [9.17, 15) is 18.8 Å². The third-order valence-electron chi connectivity index (χ3n) is 7.76. The maximum atomic E-state index is 14.4. The summed E-state index contributed by atoms with van der Waals surface area (Å²) in [6, 6.07) is 9.85. The smallest absolute Gasteiger partial charge is 0.251 e. The zero-order valence-electron chi connectivity index (χ0n) is 23.0. The normalized spacial score (nSPS) is 21.1. The van der Waals surface area contributed by atoms with E-state index >= 15 is 0 Å². The predicted molar refractivity (Wildman–Crippen MR) is 155 cm³/mol. The number of anilines is 1. The Morgan fingerprint density at radius 3 is 2.66 bits per heavy atom. The van der Waals surface area contributed by atoms with E-state index in [4.69, 9.17) is 26.8 Å². The first kappa shape index (κ1) is 29.0.